The molecule has 0 saturated carbocycles. The van der Waals surface area contributed by atoms with Crippen LogP contribution in [0.25, 0.3) is 0 Å². The van der Waals surface area contributed by atoms with Crippen LogP contribution in [0.2, 0.25) is 0 Å². The Morgan fingerprint density at radius 3 is 2.60 bits per heavy atom. The molecule has 0 spiro atoms. The van der Waals surface area contributed by atoms with E-state index >= 15 is 0 Å². The summed E-state index contributed by atoms with van der Waals surface area (Å²) in [4.78, 5) is 20.7. The van der Waals surface area contributed by atoms with Crippen LogP contribution in [0.15, 0.2) is 9.32 Å². The van der Waals surface area contributed by atoms with Gasteiger partial charge in [-0.1, -0.05) is 4.68 Å². The van der Waals surface area contributed by atoms with Crippen molar-refractivity contribution in [1.82, 2.24) is 5.27 Å². The lowest BCUT2D eigenvalue weighted by Gasteiger charge is -1.75. The molecule has 0 radical (unpaired) electrons. The van der Waals surface area contributed by atoms with Crippen molar-refractivity contribution in [1.29, 1.82) is 0 Å². The van der Waals surface area contributed by atoms with Crippen molar-refractivity contribution >= 4 is 5.97 Å². The average Bonchev–Trinajstić information content (AvgIpc) is 2.11. The topological polar surface area (TPSA) is 87.2 Å². The molecule has 6 nitrogen and oxygen atoms in total. The lowest BCUT2D eigenvalue weighted by Crippen LogP contribution is -2.39. The SMILES string of the molecule is C[n+]1[nH]oc(=O)c1C(=O)O. The summed E-state index contributed by atoms with van der Waals surface area (Å²) < 4.78 is 5.15. The predicted molar refractivity (Wildman–Crippen MR) is 27.5 cm³/mol. The van der Waals surface area contributed by atoms with Crippen LogP contribution in [-0.2, 0) is 7.05 Å². The van der Waals surface area contributed by atoms with Gasteiger partial charge in [0, 0.05) is 0 Å². The highest BCUT2D eigenvalue weighted by molar-refractivity contribution is 5.82. The smallest absolute Gasteiger partial charge is 0.442 e. The average molecular weight is 145 g/mol. The molecule has 0 aliphatic carbocycles. The maximum atomic E-state index is 10.5. The number of nitrogens with zero attached hydrogens (tertiary/aromatic N) is 1. The van der Waals surface area contributed by atoms with Crippen molar-refractivity contribution in [2.24, 2.45) is 7.05 Å². The minimum atomic E-state index is -1.31. The lowest BCUT2D eigenvalue weighted by molar-refractivity contribution is -0.741. The first-order valence-electron chi connectivity index (χ1n) is 2.43. The number of nitrogens with one attached hydrogen (secondary N) is 1. The molecule has 0 aromatic carbocycles. The molecule has 0 unspecified atom stereocenters. The monoisotopic (exact) mass is 145 g/mol. The lowest BCUT2D eigenvalue weighted by atomic mass is 10.5. The molecule has 54 valence electrons. The molecule has 0 amide bonds. The van der Waals surface area contributed by atoms with Crippen molar-refractivity contribution < 1.29 is 19.1 Å². The van der Waals surface area contributed by atoms with Crippen molar-refractivity contribution in [3.05, 3.63) is 16.1 Å². The van der Waals surface area contributed by atoms with E-state index in [-0.39, 0.29) is 0 Å². The number of aromatic amines is 1. The second kappa shape index (κ2) is 1.98. The number of hydrogen-bond acceptors (Lipinski definition) is 3. The summed E-state index contributed by atoms with van der Waals surface area (Å²) in [5.74, 6) is -1.31. The fourth-order valence-electron chi connectivity index (χ4n) is 0.572. The van der Waals surface area contributed by atoms with Crippen LogP contribution in [0, 0.1) is 0 Å². The molecule has 0 bridgehead atoms. The maximum absolute atomic E-state index is 10.5. The number of carbonyl (C=O) groups is 1. The summed E-state index contributed by atoms with van der Waals surface area (Å²) in [6.45, 7) is 0. The Morgan fingerprint density at radius 1 is 1.80 bits per heavy atom. The first kappa shape index (κ1) is 6.53. The zero-order valence-corrected chi connectivity index (χ0v) is 5.12. The van der Waals surface area contributed by atoms with Gasteiger partial charge >= 0.3 is 17.3 Å². The van der Waals surface area contributed by atoms with Crippen LogP contribution < -0.4 is 10.3 Å². The largest absolute Gasteiger partial charge is 0.473 e. The van der Waals surface area contributed by atoms with E-state index in [2.05, 4.69) is 9.79 Å². The molecule has 2 N–H and O–H groups in total. The molecule has 6 heteroatoms. The van der Waals surface area contributed by atoms with E-state index in [1.54, 1.807) is 0 Å². The maximum Gasteiger partial charge on any atom is 0.442 e. The van der Waals surface area contributed by atoms with E-state index in [9.17, 15) is 9.59 Å². The van der Waals surface area contributed by atoms with Gasteiger partial charge in [-0.2, -0.15) is 0 Å². The summed E-state index contributed by atoms with van der Waals surface area (Å²) in [5, 5.41) is 10.4. The Balaban J connectivity index is 3.37. The third-order valence-corrected chi connectivity index (χ3v) is 1.01. The Kier molecular flexibility index (Phi) is 1.29. The van der Waals surface area contributed by atoms with Crippen molar-refractivity contribution in [3.8, 4) is 0 Å². The molecule has 0 atom stereocenters. The fourth-order valence-corrected chi connectivity index (χ4v) is 0.572. The summed E-state index contributed by atoms with van der Waals surface area (Å²) in [5.41, 5.74) is -1.30. The van der Waals surface area contributed by atoms with Gasteiger partial charge in [-0.3, -0.25) is 4.52 Å². The van der Waals surface area contributed by atoms with Crippen molar-refractivity contribution in [2.45, 2.75) is 0 Å². The van der Waals surface area contributed by atoms with Gasteiger partial charge in [-0.25, -0.2) is 9.59 Å². The van der Waals surface area contributed by atoms with Gasteiger partial charge in [0.05, 0.1) is 0 Å². The van der Waals surface area contributed by atoms with Crippen LogP contribution in [0.1, 0.15) is 10.5 Å². The highest BCUT2D eigenvalue weighted by atomic mass is 16.5. The number of aromatic carboxylic acids is 1. The molecule has 1 aromatic rings. The molecule has 1 heterocycles. The molecular formula is C4H5N2O4+. The van der Waals surface area contributed by atoms with Gasteiger partial charge < -0.3 is 5.11 Å². The Hall–Kier alpha value is -1.59. The number of rotatable bonds is 1. The Bertz CT molecular complexity index is 309. The van der Waals surface area contributed by atoms with E-state index in [0.717, 1.165) is 4.68 Å². The standard InChI is InChI=1S/C4H4N2O4/c1-6-2(3(7)8)4(9)10-5-6/h1H3,(H-,5,7,8,9)/p+1. The van der Waals surface area contributed by atoms with Gasteiger partial charge in [0.2, 0.25) is 0 Å². The van der Waals surface area contributed by atoms with Gasteiger partial charge in [0.1, 0.15) is 0 Å². The number of carboxylic acids is 1. The van der Waals surface area contributed by atoms with Crippen LogP contribution in [0.5, 0.6) is 0 Å². The molecule has 1 aromatic heterocycles. The van der Waals surface area contributed by atoms with Crippen LogP contribution in [0.3, 0.4) is 0 Å². The van der Waals surface area contributed by atoms with E-state index in [1.165, 1.54) is 7.05 Å². The summed E-state index contributed by atoms with van der Waals surface area (Å²) in [7, 11) is 1.37. The van der Waals surface area contributed by atoms with Gasteiger partial charge in [-0.15, -0.1) is 0 Å². The highest BCUT2D eigenvalue weighted by Crippen LogP contribution is 1.76. The predicted octanol–water partition coefficient (Wildman–Crippen LogP) is -1.51. The second-order valence-corrected chi connectivity index (χ2v) is 1.69. The normalized spacial score (nSPS) is 9.70. The van der Waals surface area contributed by atoms with Gasteiger partial charge in [0.25, 0.3) is 0 Å². The molecule has 0 aliphatic rings. The summed E-state index contributed by atoms with van der Waals surface area (Å²) in [6, 6.07) is 0. The van der Waals surface area contributed by atoms with E-state index in [1.807, 2.05) is 0 Å². The van der Waals surface area contributed by atoms with E-state index in [0.29, 0.717) is 0 Å². The molecule has 0 aliphatic heterocycles. The van der Waals surface area contributed by atoms with Gasteiger partial charge in [0.15, 0.2) is 7.05 Å². The van der Waals surface area contributed by atoms with Crippen molar-refractivity contribution in [3.63, 3.8) is 0 Å². The number of H-pyrrole nitrogens is 1. The zero-order chi connectivity index (χ0) is 7.72. The zero-order valence-electron chi connectivity index (χ0n) is 5.12. The third-order valence-electron chi connectivity index (χ3n) is 1.01. The van der Waals surface area contributed by atoms with Crippen LogP contribution in [0.4, 0.5) is 0 Å². The Morgan fingerprint density at radius 2 is 2.40 bits per heavy atom. The highest BCUT2D eigenvalue weighted by Gasteiger charge is 2.24. The minimum Gasteiger partial charge on any atom is -0.473 e. The molecule has 0 fully saturated rings. The number of aryl methyl sites for hydroxylation is 1. The quantitative estimate of drug-likeness (QED) is 0.470. The fraction of sp³-hybridized carbons (Fsp3) is 0.250. The molecule has 1 rings (SSSR count). The van der Waals surface area contributed by atoms with Crippen molar-refractivity contribution in [2.75, 3.05) is 0 Å². The van der Waals surface area contributed by atoms with Crippen LogP contribution >= 0.6 is 0 Å². The number of aromatic nitrogens is 2. The second-order valence-electron chi connectivity index (χ2n) is 1.69. The van der Waals surface area contributed by atoms with E-state index in [4.69, 9.17) is 5.11 Å². The first-order valence-corrected chi connectivity index (χ1v) is 2.43. The number of carboxylic acid groups (broad SMARTS) is 1. The Labute approximate surface area is 54.6 Å². The summed E-state index contributed by atoms with van der Waals surface area (Å²) >= 11 is 0. The molecular weight excluding hydrogens is 140 g/mol. The summed E-state index contributed by atoms with van der Waals surface area (Å²) in [6.07, 6.45) is 0. The van der Waals surface area contributed by atoms with E-state index < -0.39 is 17.3 Å². The van der Waals surface area contributed by atoms with Crippen LogP contribution in [-0.4, -0.2) is 16.3 Å². The number of hydrogen-bond donors (Lipinski definition) is 2. The third kappa shape index (κ3) is 0.790. The minimum absolute atomic E-state index is 0.417. The molecule has 0 saturated heterocycles. The van der Waals surface area contributed by atoms with Gasteiger partial charge in [-0.05, 0) is 5.27 Å². The molecule has 10 heavy (non-hydrogen) atoms. The first-order chi connectivity index (χ1) is 4.63.